The standard InChI is InChI=1S/C20H30N4O3/c1-5-12(6-2)16-9-13(7-8-27-16)22-20-23-15-11-18(26-4)17(25-3)10-14(15)19(21)24-20/h10-13,16H,5-9H2,1-4H3,(H3,21,22,23,24). The Balaban J connectivity index is 1.82. The summed E-state index contributed by atoms with van der Waals surface area (Å²) in [5.74, 6) is 2.79. The van der Waals surface area contributed by atoms with Crippen LogP contribution in [0.1, 0.15) is 39.5 Å². The molecule has 2 aromatic rings. The minimum absolute atomic E-state index is 0.279. The van der Waals surface area contributed by atoms with Crippen LogP contribution in [-0.4, -0.2) is 42.9 Å². The zero-order valence-corrected chi connectivity index (χ0v) is 16.6. The molecular formula is C20H30N4O3. The Morgan fingerprint density at radius 2 is 1.89 bits per heavy atom. The van der Waals surface area contributed by atoms with Crippen LogP contribution >= 0.6 is 0 Å². The minimum atomic E-state index is 0.279. The second-order valence-corrected chi connectivity index (χ2v) is 7.01. The van der Waals surface area contributed by atoms with Gasteiger partial charge in [-0.3, -0.25) is 0 Å². The van der Waals surface area contributed by atoms with Crippen LogP contribution in [0.15, 0.2) is 12.1 Å². The first kappa shape index (κ1) is 19.5. The van der Waals surface area contributed by atoms with Gasteiger partial charge in [-0.2, -0.15) is 4.98 Å². The molecule has 1 aromatic carbocycles. The van der Waals surface area contributed by atoms with Crippen molar-refractivity contribution >= 4 is 22.7 Å². The number of anilines is 2. The van der Waals surface area contributed by atoms with Crippen LogP contribution in [0, 0.1) is 5.92 Å². The van der Waals surface area contributed by atoms with Crippen LogP contribution in [0.25, 0.3) is 10.9 Å². The fourth-order valence-electron chi connectivity index (χ4n) is 3.83. The third-order valence-corrected chi connectivity index (χ3v) is 5.45. The Kier molecular flexibility index (Phi) is 6.21. The molecule has 0 spiro atoms. The fourth-order valence-corrected chi connectivity index (χ4v) is 3.83. The second kappa shape index (κ2) is 8.61. The summed E-state index contributed by atoms with van der Waals surface area (Å²) >= 11 is 0. The van der Waals surface area contributed by atoms with Gasteiger partial charge in [-0.1, -0.05) is 26.7 Å². The summed E-state index contributed by atoms with van der Waals surface area (Å²) in [6.07, 6.45) is 4.45. The largest absolute Gasteiger partial charge is 0.493 e. The molecule has 2 unspecified atom stereocenters. The molecule has 7 nitrogen and oxygen atoms in total. The van der Waals surface area contributed by atoms with E-state index >= 15 is 0 Å². The van der Waals surface area contributed by atoms with Crippen molar-refractivity contribution < 1.29 is 14.2 Å². The number of nitrogens with zero attached hydrogens (tertiary/aromatic N) is 2. The highest BCUT2D eigenvalue weighted by molar-refractivity contribution is 5.91. The lowest BCUT2D eigenvalue weighted by molar-refractivity contribution is -0.0271. The van der Waals surface area contributed by atoms with Crippen LogP contribution < -0.4 is 20.5 Å². The number of hydrogen-bond acceptors (Lipinski definition) is 7. The van der Waals surface area contributed by atoms with Crippen LogP contribution in [0.2, 0.25) is 0 Å². The van der Waals surface area contributed by atoms with Crippen molar-refractivity contribution in [1.29, 1.82) is 0 Å². The number of benzene rings is 1. The van der Waals surface area contributed by atoms with E-state index in [0.29, 0.717) is 29.2 Å². The highest BCUT2D eigenvalue weighted by Crippen LogP contribution is 2.34. The number of nitrogens with one attached hydrogen (secondary N) is 1. The average molecular weight is 374 g/mol. The Bertz CT molecular complexity index is 779. The highest BCUT2D eigenvalue weighted by Gasteiger charge is 2.28. The zero-order chi connectivity index (χ0) is 19.4. The molecule has 27 heavy (non-hydrogen) atoms. The van der Waals surface area contributed by atoms with Gasteiger partial charge in [0, 0.05) is 24.1 Å². The Morgan fingerprint density at radius 1 is 1.19 bits per heavy atom. The Labute approximate surface area is 160 Å². The van der Waals surface area contributed by atoms with Crippen molar-refractivity contribution in [1.82, 2.24) is 9.97 Å². The van der Waals surface area contributed by atoms with E-state index in [-0.39, 0.29) is 12.1 Å². The van der Waals surface area contributed by atoms with Gasteiger partial charge >= 0.3 is 0 Å². The predicted molar refractivity (Wildman–Crippen MR) is 108 cm³/mol. The van der Waals surface area contributed by atoms with Gasteiger partial charge in [0.05, 0.1) is 25.8 Å². The number of aromatic nitrogens is 2. The van der Waals surface area contributed by atoms with E-state index in [4.69, 9.17) is 19.9 Å². The summed E-state index contributed by atoms with van der Waals surface area (Å²) < 4.78 is 16.7. The van der Waals surface area contributed by atoms with Crippen molar-refractivity contribution in [3.05, 3.63) is 12.1 Å². The maximum absolute atomic E-state index is 6.18. The molecule has 7 heteroatoms. The lowest BCUT2D eigenvalue weighted by atomic mass is 9.89. The molecule has 2 atom stereocenters. The molecule has 2 heterocycles. The van der Waals surface area contributed by atoms with E-state index in [1.165, 1.54) is 0 Å². The van der Waals surface area contributed by atoms with E-state index in [9.17, 15) is 0 Å². The number of hydrogen-bond donors (Lipinski definition) is 2. The van der Waals surface area contributed by atoms with Crippen molar-refractivity contribution in [3.8, 4) is 11.5 Å². The van der Waals surface area contributed by atoms with Crippen molar-refractivity contribution in [2.24, 2.45) is 5.92 Å². The van der Waals surface area contributed by atoms with Gasteiger partial charge in [0.2, 0.25) is 5.95 Å². The number of fused-ring (bicyclic) bond motifs is 1. The maximum Gasteiger partial charge on any atom is 0.225 e. The molecule has 0 bridgehead atoms. The van der Waals surface area contributed by atoms with Crippen LogP contribution in [0.4, 0.5) is 11.8 Å². The molecule has 0 saturated carbocycles. The van der Waals surface area contributed by atoms with E-state index in [1.54, 1.807) is 14.2 Å². The lowest BCUT2D eigenvalue weighted by Crippen LogP contribution is -2.38. The quantitative estimate of drug-likeness (QED) is 0.764. The van der Waals surface area contributed by atoms with Gasteiger partial charge in [0.25, 0.3) is 0 Å². The Hall–Kier alpha value is -2.28. The number of nitrogens with two attached hydrogens (primary N) is 1. The normalized spacial score (nSPS) is 20.0. The van der Waals surface area contributed by atoms with E-state index in [0.717, 1.165) is 43.2 Å². The van der Waals surface area contributed by atoms with Crippen LogP contribution in [0.5, 0.6) is 11.5 Å². The van der Waals surface area contributed by atoms with Gasteiger partial charge < -0.3 is 25.3 Å². The van der Waals surface area contributed by atoms with Crippen molar-refractivity contribution in [2.75, 3.05) is 31.9 Å². The average Bonchev–Trinajstić information content (AvgIpc) is 2.68. The molecule has 1 aromatic heterocycles. The van der Waals surface area contributed by atoms with Gasteiger partial charge in [0.15, 0.2) is 11.5 Å². The topological polar surface area (TPSA) is 91.5 Å². The first-order valence-electron chi connectivity index (χ1n) is 9.66. The van der Waals surface area contributed by atoms with Crippen molar-refractivity contribution in [3.63, 3.8) is 0 Å². The van der Waals surface area contributed by atoms with Gasteiger partial charge in [-0.25, -0.2) is 4.98 Å². The predicted octanol–water partition coefficient (Wildman–Crippen LogP) is 3.62. The second-order valence-electron chi connectivity index (χ2n) is 7.01. The molecule has 3 N–H and O–H groups in total. The lowest BCUT2D eigenvalue weighted by Gasteiger charge is -2.34. The highest BCUT2D eigenvalue weighted by atomic mass is 16.5. The van der Waals surface area contributed by atoms with Crippen LogP contribution in [-0.2, 0) is 4.74 Å². The fraction of sp³-hybridized carbons (Fsp3) is 0.600. The molecule has 0 aliphatic carbocycles. The monoisotopic (exact) mass is 374 g/mol. The molecule has 1 fully saturated rings. The van der Waals surface area contributed by atoms with Crippen molar-refractivity contribution in [2.45, 2.75) is 51.7 Å². The van der Waals surface area contributed by atoms with Gasteiger partial charge in [-0.05, 0) is 24.8 Å². The van der Waals surface area contributed by atoms with E-state index < -0.39 is 0 Å². The van der Waals surface area contributed by atoms with Gasteiger partial charge in [0.1, 0.15) is 5.82 Å². The smallest absolute Gasteiger partial charge is 0.225 e. The Morgan fingerprint density at radius 3 is 2.56 bits per heavy atom. The van der Waals surface area contributed by atoms with E-state index in [1.807, 2.05) is 12.1 Å². The third kappa shape index (κ3) is 4.18. The molecular weight excluding hydrogens is 344 g/mol. The van der Waals surface area contributed by atoms with Crippen LogP contribution in [0.3, 0.4) is 0 Å². The summed E-state index contributed by atoms with van der Waals surface area (Å²) in [6, 6.07) is 3.92. The molecule has 1 aliphatic rings. The number of nitrogen functional groups attached to an aromatic ring is 1. The molecule has 1 saturated heterocycles. The molecule has 3 rings (SSSR count). The zero-order valence-electron chi connectivity index (χ0n) is 16.6. The van der Waals surface area contributed by atoms with E-state index in [2.05, 4.69) is 29.1 Å². The summed E-state index contributed by atoms with van der Waals surface area (Å²) in [5.41, 5.74) is 6.91. The molecule has 148 valence electrons. The van der Waals surface area contributed by atoms with Gasteiger partial charge in [-0.15, -0.1) is 0 Å². The first-order valence-corrected chi connectivity index (χ1v) is 9.66. The number of methoxy groups -OCH3 is 2. The summed E-state index contributed by atoms with van der Waals surface area (Å²) in [5, 5.41) is 4.21. The maximum atomic E-state index is 6.18. The minimum Gasteiger partial charge on any atom is -0.493 e. The SMILES string of the molecule is CCC(CC)C1CC(Nc2nc(N)c3cc(OC)c(OC)cc3n2)CCO1. The summed E-state index contributed by atoms with van der Waals surface area (Å²) in [4.78, 5) is 9.10. The molecule has 0 amide bonds. The summed E-state index contributed by atoms with van der Waals surface area (Å²) in [6.45, 7) is 5.21. The number of rotatable bonds is 7. The third-order valence-electron chi connectivity index (χ3n) is 5.45. The first-order chi connectivity index (χ1) is 13.1. The molecule has 1 aliphatic heterocycles. The number of ether oxygens (including phenoxy) is 3. The molecule has 0 radical (unpaired) electrons. The summed E-state index contributed by atoms with van der Waals surface area (Å²) in [7, 11) is 3.20.